The first-order valence-corrected chi connectivity index (χ1v) is 7.12. The smallest absolute Gasteiger partial charge is 0.238 e. The largest absolute Gasteiger partial charge is 0.392 e. The molecule has 0 spiro atoms. The van der Waals surface area contributed by atoms with Crippen LogP contribution in [-0.4, -0.2) is 29.7 Å². The number of anilines is 1. The molecule has 0 aliphatic heterocycles. The summed E-state index contributed by atoms with van der Waals surface area (Å²) < 4.78 is 12.7. The lowest BCUT2D eigenvalue weighted by atomic mass is 10.1. The second-order valence-corrected chi connectivity index (χ2v) is 5.25. The minimum atomic E-state index is -0.379. The zero-order valence-electron chi connectivity index (χ0n) is 11.4. The molecule has 1 aromatic carbocycles. The molecule has 1 fully saturated rings. The maximum absolute atomic E-state index is 12.7. The Bertz CT molecular complexity index is 436. The summed E-state index contributed by atoms with van der Waals surface area (Å²) in [6.45, 7) is 0.152. The summed E-state index contributed by atoms with van der Waals surface area (Å²) >= 11 is 0. The SMILES string of the molecule is O=C(CNC1CCCCCC1O)Nc1ccc(F)cc1. The van der Waals surface area contributed by atoms with Crippen LogP contribution in [0.3, 0.4) is 0 Å². The summed E-state index contributed by atoms with van der Waals surface area (Å²) in [5.41, 5.74) is 0.569. The molecule has 110 valence electrons. The summed E-state index contributed by atoms with van der Waals surface area (Å²) in [5.74, 6) is -0.518. The maximum atomic E-state index is 12.7. The molecule has 4 nitrogen and oxygen atoms in total. The van der Waals surface area contributed by atoms with Gasteiger partial charge in [-0.25, -0.2) is 4.39 Å². The number of carbonyl (C=O) groups excluding carboxylic acids is 1. The van der Waals surface area contributed by atoms with Crippen molar-refractivity contribution in [3.8, 4) is 0 Å². The molecule has 1 amide bonds. The van der Waals surface area contributed by atoms with Gasteiger partial charge in [0.25, 0.3) is 0 Å². The third-order valence-electron chi connectivity index (χ3n) is 3.63. The van der Waals surface area contributed by atoms with Crippen LogP contribution in [0.2, 0.25) is 0 Å². The van der Waals surface area contributed by atoms with Gasteiger partial charge in [-0.1, -0.05) is 19.3 Å². The normalized spacial score (nSPS) is 23.1. The van der Waals surface area contributed by atoms with Gasteiger partial charge in [0, 0.05) is 11.7 Å². The molecule has 0 bridgehead atoms. The molecule has 3 N–H and O–H groups in total. The van der Waals surface area contributed by atoms with Crippen molar-refractivity contribution in [1.29, 1.82) is 0 Å². The number of hydrogen-bond acceptors (Lipinski definition) is 3. The molecule has 2 unspecified atom stereocenters. The number of aliphatic hydroxyl groups is 1. The van der Waals surface area contributed by atoms with E-state index in [0.29, 0.717) is 5.69 Å². The lowest BCUT2D eigenvalue weighted by molar-refractivity contribution is -0.115. The van der Waals surface area contributed by atoms with Crippen LogP contribution in [0.1, 0.15) is 32.1 Å². The first kappa shape index (κ1) is 14.9. The Hall–Kier alpha value is -1.46. The van der Waals surface area contributed by atoms with Gasteiger partial charge in [0.2, 0.25) is 5.91 Å². The fourth-order valence-corrected chi connectivity index (χ4v) is 2.49. The lowest BCUT2D eigenvalue weighted by Gasteiger charge is -2.21. The summed E-state index contributed by atoms with van der Waals surface area (Å²) in [6.07, 6.45) is 4.56. The van der Waals surface area contributed by atoms with E-state index in [9.17, 15) is 14.3 Å². The molecule has 0 radical (unpaired) electrons. The number of hydrogen-bond donors (Lipinski definition) is 3. The maximum Gasteiger partial charge on any atom is 0.238 e. The molecular weight excluding hydrogens is 259 g/mol. The monoisotopic (exact) mass is 280 g/mol. The van der Waals surface area contributed by atoms with E-state index in [2.05, 4.69) is 10.6 Å². The zero-order valence-corrected chi connectivity index (χ0v) is 11.4. The summed E-state index contributed by atoms with van der Waals surface area (Å²) in [6, 6.07) is 5.63. The lowest BCUT2D eigenvalue weighted by Crippen LogP contribution is -2.42. The van der Waals surface area contributed by atoms with Gasteiger partial charge in [-0.3, -0.25) is 4.79 Å². The van der Waals surface area contributed by atoms with E-state index in [1.807, 2.05) is 0 Å². The number of halogens is 1. The van der Waals surface area contributed by atoms with Crippen LogP contribution in [-0.2, 0) is 4.79 Å². The van der Waals surface area contributed by atoms with Gasteiger partial charge in [-0.05, 0) is 37.1 Å². The van der Waals surface area contributed by atoms with Gasteiger partial charge >= 0.3 is 0 Å². The Kier molecular flexibility index (Phi) is 5.49. The first-order valence-electron chi connectivity index (χ1n) is 7.12. The Labute approximate surface area is 118 Å². The third-order valence-corrected chi connectivity index (χ3v) is 3.63. The second kappa shape index (κ2) is 7.36. The van der Waals surface area contributed by atoms with Gasteiger partial charge in [-0.2, -0.15) is 0 Å². The summed E-state index contributed by atoms with van der Waals surface area (Å²) in [5, 5.41) is 15.7. The number of rotatable bonds is 4. The van der Waals surface area contributed by atoms with Crippen LogP contribution in [0.4, 0.5) is 10.1 Å². The molecule has 2 rings (SSSR count). The zero-order chi connectivity index (χ0) is 14.4. The van der Waals surface area contributed by atoms with Gasteiger partial charge < -0.3 is 15.7 Å². The Morgan fingerprint density at radius 2 is 1.90 bits per heavy atom. The summed E-state index contributed by atoms with van der Waals surface area (Å²) in [7, 11) is 0. The average molecular weight is 280 g/mol. The number of amides is 1. The molecule has 0 heterocycles. The number of carbonyl (C=O) groups is 1. The van der Waals surface area contributed by atoms with E-state index in [0.717, 1.165) is 32.1 Å². The van der Waals surface area contributed by atoms with Crippen LogP contribution in [0.15, 0.2) is 24.3 Å². The number of benzene rings is 1. The predicted molar refractivity (Wildman–Crippen MR) is 75.9 cm³/mol. The fraction of sp³-hybridized carbons (Fsp3) is 0.533. The number of nitrogens with one attached hydrogen (secondary N) is 2. The standard InChI is InChI=1S/C15H21FN2O2/c16-11-6-8-12(9-7-11)18-15(20)10-17-13-4-2-1-3-5-14(13)19/h6-9,13-14,17,19H,1-5,10H2,(H,18,20). The van der Waals surface area contributed by atoms with E-state index in [1.165, 1.54) is 24.3 Å². The molecule has 1 aliphatic carbocycles. The number of aliphatic hydroxyl groups excluding tert-OH is 1. The van der Waals surface area contributed by atoms with Gasteiger partial charge in [0.15, 0.2) is 0 Å². The van der Waals surface area contributed by atoms with E-state index < -0.39 is 0 Å². The molecule has 1 aliphatic rings. The van der Waals surface area contributed by atoms with Gasteiger partial charge in [0.1, 0.15) is 5.82 Å². The second-order valence-electron chi connectivity index (χ2n) is 5.25. The van der Waals surface area contributed by atoms with Crippen molar-refractivity contribution in [2.24, 2.45) is 0 Å². The average Bonchev–Trinajstić information content (AvgIpc) is 2.64. The highest BCUT2D eigenvalue weighted by Gasteiger charge is 2.21. The van der Waals surface area contributed by atoms with E-state index in [-0.39, 0.29) is 30.4 Å². The first-order chi connectivity index (χ1) is 9.65. The van der Waals surface area contributed by atoms with Crippen LogP contribution in [0, 0.1) is 5.82 Å². The molecule has 0 saturated heterocycles. The molecular formula is C15H21FN2O2. The quantitative estimate of drug-likeness (QED) is 0.740. The molecule has 2 atom stereocenters. The molecule has 1 aromatic rings. The van der Waals surface area contributed by atoms with Crippen molar-refractivity contribution in [2.45, 2.75) is 44.2 Å². The minimum Gasteiger partial charge on any atom is -0.392 e. The van der Waals surface area contributed by atoms with Crippen LogP contribution in [0.5, 0.6) is 0 Å². The summed E-state index contributed by atoms with van der Waals surface area (Å²) in [4.78, 5) is 11.8. The topological polar surface area (TPSA) is 61.4 Å². The Morgan fingerprint density at radius 3 is 2.65 bits per heavy atom. The van der Waals surface area contributed by atoms with E-state index >= 15 is 0 Å². The van der Waals surface area contributed by atoms with Crippen LogP contribution in [0.25, 0.3) is 0 Å². The highest BCUT2D eigenvalue weighted by Crippen LogP contribution is 2.17. The van der Waals surface area contributed by atoms with E-state index in [4.69, 9.17) is 0 Å². The molecule has 0 aromatic heterocycles. The Balaban J connectivity index is 1.78. The van der Waals surface area contributed by atoms with Crippen molar-refractivity contribution in [3.05, 3.63) is 30.1 Å². The molecule has 20 heavy (non-hydrogen) atoms. The highest BCUT2D eigenvalue weighted by molar-refractivity contribution is 5.92. The Morgan fingerprint density at radius 1 is 1.20 bits per heavy atom. The van der Waals surface area contributed by atoms with Crippen LogP contribution >= 0.6 is 0 Å². The molecule has 5 heteroatoms. The third kappa shape index (κ3) is 4.58. The van der Waals surface area contributed by atoms with Crippen molar-refractivity contribution in [2.75, 3.05) is 11.9 Å². The van der Waals surface area contributed by atoms with Crippen molar-refractivity contribution in [1.82, 2.24) is 5.32 Å². The van der Waals surface area contributed by atoms with E-state index in [1.54, 1.807) is 0 Å². The fourth-order valence-electron chi connectivity index (χ4n) is 2.49. The van der Waals surface area contributed by atoms with Gasteiger partial charge in [0.05, 0.1) is 12.6 Å². The minimum absolute atomic E-state index is 0.0172. The van der Waals surface area contributed by atoms with Crippen molar-refractivity contribution < 1.29 is 14.3 Å². The highest BCUT2D eigenvalue weighted by atomic mass is 19.1. The van der Waals surface area contributed by atoms with Crippen molar-refractivity contribution in [3.63, 3.8) is 0 Å². The van der Waals surface area contributed by atoms with Crippen LogP contribution < -0.4 is 10.6 Å². The van der Waals surface area contributed by atoms with Gasteiger partial charge in [-0.15, -0.1) is 0 Å². The van der Waals surface area contributed by atoms with Crippen molar-refractivity contribution >= 4 is 11.6 Å². The molecule has 1 saturated carbocycles. The predicted octanol–water partition coefficient (Wildman–Crippen LogP) is 2.05.